The van der Waals surface area contributed by atoms with Crippen molar-refractivity contribution in [2.75, 3.05) is 13.7 Å². The highest BCUT2D eigenvalue weighted by atomic mass is 16.6. The normalized spacial score (nSPS) is 19.9. The monoisotopic (exact) mass is 528 g/mol. The lowest BCUT2D eigenvalue weighted by atomic mass is 9.94. The molecule has 0 N–H and O–H groups in total. The Bertz CT molecular complexity index is 1130. The van der Waals surface area contributed by atoms with E-state index in [0.29, 0.717) is 24.4 Å². The first-order chi connectivity index (χ1) is 17.6. The minimum Gasteiger partial charge on any atom is -0.468 e. The summed E-state index contributed by atoms with van der Waals surface area (Å²) < 4.78 is 17.9. The number of aromatic nitrogens is 3. The average molecular weight is 529 g/mol. The van der Waals surface area contributed by atoms with E-state index < -0.39 is 28.8 Å². The summed E-state index contributed by atoms with van der Waals surface area (Å²) in [6.45, 7) is 14.4. The molecule has 1 aliphatic carbocycles. The van der Waals surface area contributed by atoms with Crippen molar-refractivity contribution in [2.24, 2.45) is 11.8 Å². The van der Waals surface area contributed by atoms with Crippen LogP contribution in [0.5, 0.6) is 0 Å². The van der Waals surface area contributed by atoms with Crippen molar-refractivity contribution < 1.29 is 28.6 Å². The van der Waals surface area contributed by atoms with Crippen molar-refractivity contribution in [1.82, 2.24) is 19.4 Å². The number of hydrogen-bond donors (Lipinski definition) is 0. The summed E-state index contributed by atoms with van der Waals surface area (Å²) in [6, 6.07) is 3.85. The third-order valence-corrected chi connectivity index (χ3v) is 6.26. The largest absolute Gasteiger partial charge is 0.468 e. The zero-order valence-corrected chi connectivity index (χ0v) is 23.9. The van der Waals surface area contributed by atoms with E-state index in [0.717, 1.165) is 10.5 Å². The van der Waals surface area contributed by atoms with Crippen LogP contribution in [0.1, 0.15) is 72.6 Å². The third-order valence-electron chi connectivity index (χ3n) is 6.26. The molecule has 2 amide bonds. The molecule has 38 heavy (non-hydrogen) atoms. The average Bonchev–Trinajstić information content (AvgIpc) is 3.28. The van der Waals surface area contributed by atoms with Gasteiger partial charge in [0, 0.05) is 18.9 Å². The molecule has 3 atom stereocenters. The molecule has 0 aliphatic heterocycles. The van der Waals surface area contributed by atoms with Gasteiger partial charge in [0.05, 0.1) is 12.8 Å². The van der Waals surface area contributed by atoms with Crippen LogP contribution in [0.3, 0.4) is 0 Å². The van der Waals surface area contributed by atoms with Crippen LogP contribution in [0.15, 0.2) is 30.9 Å². The number of rotatable bonds is 7. The number of nitrogens with zero attached hydrogens (tertiary/aromatic N) is 4. The molecule has 2 aromatic heterocycles. The molecule has 1 fully saturated rings. The molecule has 2 heterocycles. The fraction of sp³-hybridized carbons (Fsp3) is 0.607. The van der Waals surface area contributed by atoms with Gasteiger partial charge in [0.25, 0.3) is 0 Å². The number of ether oxygens (including phenoxy) is 3. The van der Waals surface area contributed by atoms with Crippen LogP contribution >= 0.6 is 0 Å². The van der Waals surface area contributed by atoms with Gasteiger partial charge >= 0.3 is 18.2 Å². The van der Waals surface area contributed by atoms with E-state index in [4.69, 9.17) is 14.2 Å². The quantitative estimate of drug-likeness (QED) is 0.356. The summed E-state index contributed by atoms with van der Waals surface area (Å²) in [6.07, 6.45) is 4.81. The fourth-order valence-corrected chi connectivity index (χ4v) is 4.49. The van der Waals surface area contributed by atoms with Crippen molar-refractivity contribution in [3.63, 3.8) is 0 Å². The Morgan fingerprint density at radius 3 is 2.18 bits per heavy atom. The molecule has 0 saturated heterocycles. The van der Waals surface area contributed by atoms with Crippen LogP contribution in [-0.2, 0) is 24.4 Å². The SMILES string of the molecule is COC(=O)C1(c2cn(-c3ccc(C)cn3)cn2)C[C@@H]1C[C@@H](C)CN(C(=O)OC(C)(C)C)C(=O)OC(C)(C)C. The summed E-state index contributed by atoms with van der Waals surface area (Å²) in [4.78, 5) is 48.7. The number of hydrogen-bond acceptors (Lipinski definition) is 8. The minimum absolute atomic E-state index is 0.0709. The highest BCUT2D eigenvalue weighted by molar-refractivity contribution is 5.88. The Balaban J connectivity index is 1.77. The maximum absolute atomic E-state index is 13.0. The third kappa shape index (κ3) is 6.90. The van der Waals surface area contributed by atoms with Gasteiger partial charge in [0.2, 0.25) is 0 Å². The van der Waals surface area contributed by atoms with E-state index in [1.165, 1.54) is 7.11 Å². The van der Waals surface area contributed by atoms with Gasteiger partial charge in [0.1, 0.15) is 28.8 Å². The van der Waals surface area contributed by atoms with Crippen LogP contribution in [0.4, 0.5) is 9.59 Å². The zero-order valence-electron chi connectivity index (χ0n) is 23.9. The molecule has 10 nitrogen and oxygen atoms in total. The maximum Gasteiger partial charge on any atom is 0.419 e. The Labute approximate surface area is 224 Å². The number of pyridine rings is 1. The van der Waals surface area contributed by atoms with E-state index >= 15 is 0 Å². The minimum atomic E-state index is -0.887. The summed E-state index contributed by atoms with van der Waals surface area (Å²) in [5.41, 5.74) is -0.783. The lowest BCUT2D eigenvalue weighted by Crippen LogP contribution is -2.45. The highest BCUT2D eigenvalue weighted by Gasteiger charge is 2.63. The van der Waals surface area contributed by atoms with E-state index in [1.54, 1.807) is 58.6 Å². The van der Waals surface area contributed by atoms with Crippen LogP contribution < -0.4 is 0 Å². The number of methoxy groups -OCH3 is 1. The second-order valence-corrected chi connectivity index (χ2v) is 12.1. The number of imide groups is 1. The van der Waals surface area contributed by atoms with Gasteiger partial charge in [-0.1, -0.05) is 13.0 Å². The van der Waals surface area contributed by atoms with Crippen molar-refractivity contribution in [1.29, 1.82) is 0 Å². The van der Waals surface area contributed by atoms with Gasteiger partial charge in [-0.05, 0) is 84.8 Å². The van der Waals surface area contributed by atoms with Crippen molar-refractivity contribution >= 4 is 18.2 Å². The summed E-state index contributed by atoms with van der Waals surface area (Å²) >= 11 is 0. The Morgan fingerprint density at radius 1 is 1.08 bits per heavy atom. The second-order valence-electron chi connectivity index (χ2n) is 12.1. The maximum atomic E-state index is 13.0. The summed E-state index contributed by atoms with van der Waals surface area (Å²) in [5.74, 6) is 0.129. The molecule has 1 aliphatic rings. The number of aryl methyl sites for hydroxylation is 1. The number of carbonyl (C=O) groups is 3. The van der Waals surface area contributed by atoms with Gasteiger partial charge in [-0.2, -0.15) is 0 Å². The summed E-state index contributed by atoms with van der Waals surface area (Å²) in [7, 11) is 1.37. The Morgan fingerprint density at radius 2 is 1.68 bits per heavy atom. The van der Waals surface area contributed by atoms with Gasteiger partial charge in [0.15, 0.2) is 0 Å². The zero-order chi connectivity index (χ0) is 28.5. The molecule has 1 saturated carbocycles. The molecule has 10 heteroatoms. The second kappa shape index (κ2) is 10.7. The van der Waals surface area contributed by atoms with Gasteiger partial charge in [-0.25, -0.2) is 24.5 Å². The van der Waals surface area contributed by atoms with Gasteiger partial charge in [-0.3, -0.25) is 9.36 Å². The van der Waals surface area contributed by atoms with Crippen LogP contribution in [0.25, 0.3) is 5.82 Å². The Kier molecular flexibility index (Phi) is 8.24. The molecule has 2 aromatic rings. The van der Waals surface area contributed by atoms with Crippen molar-refractivity contribution in [2.45, 2.75) is 84.8 Å². The van der Waals surface area contributed by atoms with Gasteiger partial charge < -0.3 is 14.2 Å². The number of imidazole rings is 1. The van der Waals surface area contributed by atoms with E-state index in [9.17, 15) is 14.4 Å². The molecule has 0 radical (unpaired) electrons. The molecule has 0 spiro atoms. The highest BCUT2D eigenvalue weighted by Crippen LogP contribution is 2.57. The molecule has 0 aromatic carbocycles. The molecule has 1 unspecified atom stereocenters. The molecular weight excluding hydrogens is 488 g/mol. The summed E-state index contributed by atoms with van der Waals surface area (Å²) in [5, 5.41) is 0. The first-order valence-corrected chi connectivity index (χ1v) is 12.8. The van der Waals surface area contributed by atoms with Crippen LogP contribution in [0.2, 0.25) is 0 Å². The predicted octanol–water partition coefficient (Wildman–Crippen LogP) is 5.20. The first-order valence-electron chi connectivity index (χ1n) is 12.8. The fourth-order valence-electron chi connectivity index (χ4n) is 4.49. The van der Waals surface area contributed by atoms with E-state index in [2.05, 4.69) is 9.97 Å². The van der Waals surface area contributed by atoms with E-state index in [-0.39, 0.29) is 24.3 Å². The first kappa shape index (κ1) is 29.1. The molecule has 0 bridgehead atoms. The van der Waals surface area contributed by atoms with Crippen LogP contribution in [0, 0.1) is 18.8 Å². The lowest BCUT2D eigenvalue weighted by molar-refractivity contribution is -0.144. The molecule has 3 rings (SSSR count). The standard InChI is InChI=1S/C28H40N4O6/c1-18-10-11-22(29-14-18)31-16-21(30-17-31)28(23(33)36-9)13-20(28)12-19(2)15-32(24(34)37-26(3,4)5)25(35)38-27(6,7)8/h10-11,14,16-17,19-20H,12-13,15H2,1-9H3/t19-,20+,28?/m1/s1. The van der Waals surface area contributed by atoms with E-state index in [1.807, 2.05) is 32.2 Å². The number of carbonyl (C=O) groups excluding carboxylic acids is 3. The topological polar surface area (TPSA) is 113 Å². The van der Waals surface area contributed by atoms with Crippen molar-refractivity contribution in [3.05, 3.63) is 42.1 Å². The molecular formula is C28H40N4O6. The van der Waals surface area contributed by atoms with Gasteiger partial charge in [-0.15, -0.1) is 0 Å². The van der Waals surface area contributed by atoms with Crippen molar-refractivity contribution in [3.8, 4) is 5.82 Å². The van der Waals surface area contributed by atoms with Crippen LogP contribution in [-0.4, -0.2) is 62.4 Å². The lowest BCUT2D eigenvalue weighted by Gasteiger charge is -2.30. The molecule has 208 valence electrons. The Hall–Kier alpha value is -3.43. The predicted molar refractivity (Wildman–Crippen MR) is 141 cm³/mol. The number of amides is 2. The number of esters is 1. The smallest absolute Gasteiger partial charge is 0.419 e.